The molecule has 12 aromatic carbocycles. The van der Waals surface area contributed by atoms with Gasteiger partial charge in [-0.2, -0.15) is 0 Å². The minimum atomic E-state index is -0.783. The molecule has 0 radical (unpaired) electrons. The second kappa shape index (κ2) is 40.4. The predicted molar refractivity (Wildman–Crippen MR) is 416 cm³/mol. The van der Waals surface area contributed by atoms with Crippen molar-refractivity contribution in [3.8, 4) is 23.7 Å². The number of aryl methyl sites for hydroxylation is 2. The maximum Gasteiger partial charge on any atom is 1.00 e. The van der Waals surface area contributed by atoms with Gasteiger partial charge in [0.2, 0.25) is 0 Å². The molecule has 0 N–H and O–H groups in total. The first-order valence-corrected chi connectivity index (χ1v) is 38.8. The van der Waals surface area contributed by atoms with Crippen molar-refractivity contribution in [2.75, 3.05) is 24.6 Å². The summed E-state index contributed by atoms with van der Waals surface area (Å²) in [7, 11) is 0.989. The second-order valence-corrected chi connectivity index (χ2v) is 33.5. The summed E-state index contributed by atoms with van der Waals surface area (Å²) in [5, 5.41) is 16.8. The summed E-state index contributed by atoms with van der Waals surface area (Å²) >= 11 is 0. The fourth-order valence-corrected chi connectivity index (χ4v) is 24.1. The van der Waals surface area contributed by atoms with Crippen LogP contribution in [-0.4, -0.2) is 33.8 Å². The summed E-state index contributed by atoms with van der Waals surface area (Å²) < 4.78 is 4.15. The van der Waals surface area contributed by atoms with Crippen LogP contribution in [0.1, 0.15) is 35.1 Å². The summed E-state index contributed by atoms with van der Waals surface area (Å²) in [6.07, 6.45) is 36.5. The average molecular weight is 2070 g/mol. The Morgan fingerprint density at radius 3 is 0.561 bits per heavy atom. The molecule has 0 aliphatic rings. The molecule has 0 saturated heterocycles. The molecule has 0 spiro atoms. The molecule has 0 aliphatic heterocycles. The molecule has 496 valence electrons. The van der Waals surface area contributed by atoms with E-state index in [1.165, 1.54) is 79.9 Å². The maximum absolute atomic E-state index is 7.19. The summed E-state index contributed by atoms with van der Waals surface area (Å²) in [4.78, 5) is 0. The van der Waals surface area contributed by atoms with E-state index in [-0.39, 0.29) is 89.5 Å². The van der Waals surface area contributed by atoms with E-state index in [1.807, 2.05) is 86.9 Å². The van der Waals surface area contributed by atoms with Crippen LogP contribution < -0.4 is 42.4 Å². The second-order valence-electron chi connectivity index (χ2n) is 23.1. The number of hydrogen-bond donors (Lipinski definition) is 0. The van der Waals surface area contributed by atoms with Gasteiger partial charge in [-0.05, 0) is 110 Å². The van der Waals surface area contributed by atoms with Gasteiger partial charge in [-0.1, -0.05) is 170 Å². The quantitative estimate of drug-likeness (QED) is 0.0300. The number of fused-ring (bicyclic) bond motifs is 6. The Balaban J connectivity index is 0.000000186. The van der Waals surface area contributed by atoms with Gasteiger partial charge < -0.3 is 34.8 Å². The molecule has 98 heavy (non-hydrogen) atoms. The van der Waals surface area contributed by atoms with E-state index < -0.39 is 31.7 Å². The van der Waals surface area contributed by atoms with Crippen LogP contribution in [0.15, 0.2) is 315 Å². The van der Waals surface area contributed by atoms with Gasteiger partial charge in [-0.25, -0.2) is 0 Å². The maximum atomic E-state index is 7.19. The van der Waals surface area contributed by atoms with Crippen LogP contribution >= 0.6 is 31.7 Å². The van der Waals surface area contributed by atoms with Crippen molar-refractivity contribution in [2.24, 2.45) is 14.1 Å². The molecule has 14 aromatic rings. The van der Waals surface area contributed by atoms with Gasteiger partial charge in [0, 0.05) is 57.7 Å². The van der Waals surface area contributed by atoms with Crippen LogP contribution in [-0.2, 0) is 104 Å². The SMILES string of the molecule is [Au+].[Au+].[Au+].[Au+].[C-]#Cc1ccc2c3ccc(C#[C-])cc3n(C)c2c1.[C-]#Cc1ccc2c3ccc(C#[C-])cc3n(C)c2c1.c1ccc([PH+](CCCC[PH+](c2ccccc2)c2ccccc2)c2ccccc2)cc1.c1ccc([PH+](CC[PH+](c2ccccc2)c2ccccc2)c2ccccc2)cc1. The van der Waals surface area contributed by atoms with Gasteiger partial charge in [0.15, 0.2) is 0 Å². The van der Waals surface area contributed by atoms with Crippen molar-refractivity contribution in [1.82, 2.24) is 9.13 Å². The minimum absolute atomic E-state index is 0. The van der Waals surface area contributed by atoms with Crippen LogP contribution in [0.5, 0.6) is 0 Å². The Morgan fingerprint density at radius 1 is 0.235 bits per heavy atom. The predicted octanol–water partition coefficient (Wildman–Crippen LogP) is 16.6. The number of unbranched alkanes of at least 4 members (excludes halogenated alkanes) is 1. The van der Waals surface area contributed by atoms with Crippen LogP contribution in [0.3, 0.4) is 0 Å². The van der Waals surface area contributed by atoms with Crippen molar-refractivity contribution in [1.29, 1.82) is 0 Å². The van der Waals surface area contributed by atoms with Gasteiger partial charge >= 0.3 is 89.5 Å². The van der Waals surface area contributed by atoms with E-state index in [1.54, 1.807) is 0 Å². The van der Waals surface area contributed by atoms with Crippen molar-refractivity contribution in [3.05, 3.63) is 363 Å². The van der Waals surface area contributed by atoms with E-state index >= 15 is 0 Å². The molecule has 2 heterocycles. The molecule has 0 unspecified atom stereocenters. The van der Waals surface area contributed by atoms with Gasteiger partial charge in [0.25, 0.3) is 0 Å². The molecule has 0 aliphatic carbocycles. The van der Waals surface area contributed by atoms with Gasteiger partial charge in [0.05, 0.1) is 86.4 Å². The first kappa shape index (κ1) is 78.5. The first-order chi connectivity index (χ1) is 46.3. The van der Waals surface area contributed by atoms with Gasteiger partial charge in [-0.3, -0.25) is 23.7 Å². The number of nitrogens with zero attached hydrogens (tertiary/aromatic N) is 2. The van der Waals surface area contributed by atoms with Crippen molar-refractivity contribution in [2.45, 2.75) is 12.8 Å². The number of hydrogen-bond acceptors (Lipinski definition) is 0. The zero-order chi connectivity index (χ0) is 64.9. The van der Waals surface area contributed by atoms with Crippen LogP contribution in [0.4, 0.5) is 0 Å². The van der Waals surface area contributed by atoms with Crippen molar-refractivity contribution in [3.63, 3.8) is 0 Å². The van der Waals surface area contributed by atoms with E-state index in [9.17, 15) is 0 Å². The Morgan fingerprint density at radius 2 is 0.398 bits per heavy atom. The number of rotatable bonds is 16. The van der Waals surface area contributed by atoms with Crippen molar-refractivity contribution >= 4 is 118 Å². The molecule has 0 amide bonds. The summed E-state index contributed by atoms with van der Waals surface area (Å²) in [5.41, 5.74) is 7.38. The fraction of sp³-hybridized carbons (Fsp3) is 0.0909. The number of benzene rings is 12. The van der Waals surface area contributed by atoms with Crippen LogP contribution in [0, 0.1) is 49.4 Å². The standard InChI is InChI=1S/C28H28P2.C26H24P2.2C17H9N.4Au/c1-5-15-25(16-6-1)29(26-17-7-2-8-18-26)23-13-14-24-30(27-19-9-3-10-20-27)28-21-11-4-12-22-28;1-5-13-23(14-6-1)27(24-15-7-2-8-16-24)21-22-28(25-17-9-3-10-18-25)26-19-11-4-12-20-26;2*1-4-12-6-8-14-15-9-7-13(5-2)11-17(15)18(3)16(14)10-12;;;;/h1-12,15-22H,13-14,23-24H2;1-20H,21-22H2;2*6-11H,3H3;;;;/q;;2*-2;4*+1/p+4. The third kappa shape index (κ3) is 20.2. The molecule has 10 heteroatoms. The molecule has 0 bridgehead atoms. The van der Waals surface area contributed by atoms with Crippen molar-refractivity contribution < 1.29 is 89.5 Å². The minimum Gasteiger partial charge on any atom is -0.366 e. The zero-order valence-electron chi connectivity index (χ0n) is 54.4. The van der Waals surface area contributed by atoms with E-state index in [0.29, 0.717) is 0 Å². The summed E-state index contributed by atoms with van der Waals surface area (Å²) in [5.74, 6) is 9.63. The Hall–Kier alpha value is -6.84. The average Bonchev–Trinajstić information content (AvgIpc) is 1.62. The monoisotopic (exact) mass is 2070 g/mol. The summed E-state index contributed by atoms with van der Waals surface area (Å²) in [6.45, 7) is 0. The fourth-order valence-electron chi connectivity index (χ4n) is 12.5. The molecular weight excluding hydrogens is 2000 g/mol. The van der Waals surface area contributed by atoms with Gasteiger partial charge in [-0.15, -0.1) is 70.8 Å². The molecule has 2 nitrogen and oxygen atoms in total. The normalized spacial score (nSPS) is 10.4. The molecule has 2 aromatic heterocycles. The van der Waals surface area contributed by atoms with E-state index in [0.717, 1.165) is 65.9 Å². The Kier molecular flexibility index (Phi) is 32.4. The Labute approximate surface area is 648 Å². The number of aromatic nitrogens is 2. The van der Waals surface area contributed by atoms with Crippen LogP contribution in [0.25, 0.3) is 43.6 Å². The molecule has 0 atom stereocenters. The first-order valence-electron chi connectivity index (χ1n) is 31.9. The zero-order valence-corrected chi connectivity index (χ0v) is 67.0. The third-order valence-corrected chi connectivity index (χ3v) is 29.2. The summed E-state index contributed by atoms with van der Waals surface area (Å²) in [6, 6.07) is 113. The van der Waals surface area contributed by atoms with Gasteiger partial charge in [0.1, 0.15) is 12.3 Å². The molecule has 14 rings (SSSR count). The largest absolute Gasteiger partial charge is 1.00 e. The third-order valence-electron chi connectivity index (χ3n) is 17.3. The molecular formula is C88H74Au4N2P4+4. The molecule has 0 fully saturated rings. The van der Waals surface area contributed by atoms with E-state index in [2.05, 4.69) is 275 Å². The van der Waals surface area contributed by atoms with Crippen LogP contribution in [0.2, 0.25) is 0 Å². The smallest absolute Gasteiger partial charge is 0.366 e. The van der Waals surface area contributed by atoms with E-state index in [4.69, 9.17) is 25.7 Å². The Bertz CT molecular complexity index is 4320. The molecule has 0 saturated carbocycles. The topological polar surface area (TPSA) is 9.86 Å².